The van der Waals surface area contributed by atoms with Crippen molar-refractivity contribution in [1.82, 2.24) is 10.2 Å². The van der Waals surface area contributed by atoms with Crippen LogP contribution in [0.4, 0.5) is 0 Å². The lowest BCUT2D eigenvalue weighted by molar-refractivity contribution is 0.147. The van der Waals surface area contributed by atoms with Crippen LogP contribution >= 0.6 is 0 Å². The van der Waals surface area contributed by atoms with Gasteiger partial charge in [0.25, 0.3) is 0 Å². The van der Waals surface area contributed by atoms with Crippen LogP contribution in [-0.2, 0) is 0 Å². The fraction of sp³-hybridized carbons (Fsp3) is 0.667. The Balaban J connectivity index is 1.45. The van der Waals surface area contributed by atoms with Gasteiger partial charge in [0.2, 0.25) is 0 Å². The van der Waals surface area contributed by atoms with Crippen molar-refractivity contribution in [1.29, 1.82) is 0 Å². The number of nitrogens with zero attached hydrogens (tertiary/aromatic N) is 1. The van der Waals surface area contributed by atoms with E-state index >= 15 is 0 Å². The van der Waals surface area contributed by atoms with Crippen molar-refractivity contribution in [3.8, 4) is 5.75 Å². The molecule has 1 aromatic rings. The van der Waals surface area contributed by atoms with Crippen LogP contribution < -0.4 is 10.1 Å². The van der Waals surface area contributed by atoms with E-state index in [4.69, 9.17) is 4.74 Å². The normalized spacial score (nSPS) is 33.5. The number of piperidine rings is 1. The maximum Gasteiger partial charge on any atom is 0.118 e. The van der Waals surface area contributed by atoms with Gasteiger partial charge in [-0.25, -0.2) is 0 Å². The van der Waals surface area contributed by atoms with Crippen LogP contribution in [0.1, 0.15) is 44.1 Å². The molecule has 2 aliphatic rings. The molecule has 2 unspecified atom stereocenters. The van der Waals surface area contributed by atoms with Crippen LogP contribution in [0.2, 0.25) is 0 Å². The highest BCUT2D eigenvalue weighted by molar-refractivity contribution is 5.30. The second-order valence-corrected chi connectivity index (χ2v) is 6.86. The standard InChI is InChI=1S/C18H28N2O/c1-13-10-16(8-9-20(13)2)19-17-11-15(12-17)14-4-6-18(21-3)7-5-14/h4-7,13,15-17,19H,8-12H2,1-3H3. The second-order valence-electron chi connectivity index (χ2n) is 6.86. The Morgan fingerprint density at radius 2 is 1.81 bits per heavy atom. The molecule has 3 nitrogen and oxygen atoms in total. The van der Waals surface area contributed by atoms with E-state index in [2.05, 4.69) is 48.5 Å². The van der Waals surface area contributed by atoms with Crippen LogP contribution in [0.3, 0.4) is 0 Å². The van der Waals surface area contributed by atoms with Crippen LogP contribution in [0.25, 0.3) is 0 Å². The minimum absolute atomic E-state index is 0.716. The van der Waals surface area contributed by atoms with Gasteiger partial charge in [-0.15, -0.1) is 0 Å². The summed E-state index contributed by atoms with van der Waals surface area (Å²) in [5.41, 5.74) is 1.46. The smallest absolute Gasteiger partial charge is 0.118 e. The van der Waals surface area contributed by atoms with Gasteiger partial charge in [-0.05, 0) is 69.8 Å². The van der Waals surface area contributed by atoms with Gasteiger partial charge < -0.3 is 15.0 Å². The molecule has 0 spiro atoms. The van der Waals surface area contributed by atoms with Crippen molar-refractivity contribution in [3.63, 3.8) is 0 Å². The Hall–Kier alpha value is -1.06. The monoisotopic (exact) mass is 288 g/mol. The summed E-state index contributed by atoms with van der Waals surface area (Å²) in [5, 5.41) is 3.88. The minimum atomic E-state index is 0.716. The highest BCUT2D eigenvalue weighted by Gasteiger charge is 2.33. The molecule has 1 aromatic carbocycles. The average Bonchev–Trinajstić information content (AvgIpc) is 2.46. The summed E-state index contributed by atoms with van der Waals surface area (Å²) < 4.78 is 5.22. The van der Waals surface area contributed by atoms with Gasteiger partial charge in [0, 0.05) is 18.1 Å². The van der Waals surface area contributed by atoms with Crippen LogP contribution in [0.5, 0.6) is 5.75 Å². The van der Waals surface area contributed by atoms with Gasteiger partial charge in [-0.2, -0.15) is 0 Å². The van der Waals surface area contributed by atoms with E-state index in [1.807, 2.05) is 0 Å². The Bertz CT molecular complexity index is 453. The SMILES string of the molecule is COc1ccc(C2CC(NC3CCN(C)C(C)C3)C2)cc1. The molecule has 0 amide bonds. The Morgan fingerprint density at radius 3 is 2.43 bits per heavy atom. The summed E-state index contributed by atoms with van der Waals surface area (Å²) in [6, 6.07) is 10.8. The molecule has 2 atom stereocenters. The molecular weight excluding hydrogens is 260 g/mol. The van der Waals surface area contributed by atoms with Crippen LogP contribution in [0.15, 0.2) is 24.3 Å². The summed E-state index contributed by atoms with van der Waals surface area (Å²) >= 11 is 0. The molecule has 1 saturated carbocycles. The zero-order valence-corrected chi connectivity index (χ0v) is 13.5. The average molecular weight is 288 g/mol. The maximum atomic E-state index is 5.22. The molecule has 0 aromatic heterocycles. The molecule has 1 aliphatic heterocycles. The number of nitrogens with one attached hydrogen (secondary N) is 1. The van der Waals surface area contributed by atoms with Gasteiger partial charge in [0.15, 0.2) is 0 Å². The first-order valence-corrected chi connectivity index (χ1v) is 8.26. The zero-order chi connectivity index (χ0) is 14.8. The summed E-state index contributed by atoms with van der Waals surface area (Å²) in [6.07, 6.45) is 5.16. The van der Waals surface area contributed by atoms with Gasteiger partial charge in [0.1, 0.15) is 5.75 Å². The van der Waals surface area contributed by atoms with Crippen molar-refractivity contribution in [2.45, 2.75) is 56.7 Å². The zero-order valence-electron chi connectivity index (χ0n) is 13.5. The van der Waals surface area contributed by atoms with Gasteiger partial charge >= 0.3 is 0 Å². The first-order chi connectivity index (χ1) is 10.2. The molecule has 21 heavy (non-hydrogen) atoms. The molecule has 116 valence electrons. The van der Waals surface area contributed by atoms with Gasteiger partial charge in [-0.1, -0.05) is 12.1 Å². The number of hydrogen-bond donors (Lipinski definition) is 1. The number of methoxy groups -OCH3 is 1. The lowest BCUT2D eigenvalue weighted by Gasteiger charge is -2.42. The minimum Gasteiger partial charge on any atom is -0.497 e. The number of likely N-dealkylation sites (tertiary alicyclic amines) is 1. The first-order valence-electron chi connectivity index (χ1n) is 8.26. The summed E-state index contributed by atoms with van der Waals surface area (Å²) in [6.45, 7) is 3.57. The summed E-state index contributed by atoms with van der Waals surface area (Å²) in [7, 11) is 3.96. The molecule has 1 heterocycles. The molecular formula is C18H28N2O. The van der Waals surface area contributed by atoms with Crippen molar-refractivity contribution in [2.24, 2.45) is 0 Å². The van der Waals surface area contributed by atoms with Crippen molar-refractivity contribution in [2.75, 3.05) is 20.7 Å². The molecule has 0 radical (unpaired) electrons. The van der Waals surface area contributed by atoms with Crippen LogP contribution in [-0.4, -0.2) is 43.7 Å². The molecule has 2 fully saturated rings. The molecule has 1 aliphatic carbocycles. The first kappa shape index (κ1) is 14.9. The summed E-state index contributed by atoms with van der Waals surface area (Å²) in [4.78, 5) is 2.47. The Kier molecular flexibility index (Phi) is 4.51. The van der Waals surface area contributed by atoms with Crippen molar-refractivity contribution >= 4 is 0 Å². The maximum absolute atomic E-state index is 5.22. The number of ether oxygens (including phenoxy) is 1. The van der Waals surface area contributed by atoms with Crippen LogP contribution in [0, 0.1) is 0 Å². The number of hydrogen-bond acceptors (Lipinski definition) is 3. The lowest BCUT2D eigenvalue weighted by Crippen LogP contribution is -2.51. The quantitative estimate of drug-likeness (QED) is 0.922. The third kappa shape index (κ3) is 3.41. The second kappa shape index (κ2) is 6.37. The topological polar surface area (TPSA) is 24.5 Å². The highest BCUT2D eigenvalue weighted by atomic mass is 16.5. The largest absolute Gasteiger partial charge is 0.497 e. The molecule has 0 bridgehead atoms. The van der Waals surface area contributed by atoms with Gasteiger partial charge in [0.05, 0.1) is 7.11 Å². The van der Waals surface area contributed by atoms with Crippen molar-refractivity contribution < 1.29 is 4.74 Å². The summed E-state index contributed by atoms with van der Waals surface area (Å²) in [5.74, 6) is 1.69. The predicted molar refractivity (Wildman–Crippen MR) is 87.0 cm³/mol. The van der Waals surface area contributed by atoms with E-state index in [0.29, 0.717) is 6.04 Å². The Labute approximate surface area is 128 Å². The molecule has 3 rings (SSSR count). The fourth-order valence-electron chi connectivity index (χ4n) is 3.68. The third-order valence-corrected chi connectivity index (χ3v) is 5.41. The number of benzene rings is 1. The van der Waals surface area contributed by atoms with E-state index in [9.17, 15) is 0 Å². The van der Waals surface area contributed by atoms with E-state index in [-0.39, 0.29) is 0 Å². The molecule has 1 saturated heterocycles. The predicted octanol–water partition coefficient (Wildman–Crippen LogP) is 3.01. The highest BCUT2D eigenvalue weighted by Crippen LogP contribution is 2.38. The third-order valence-electron chi connectivity index (χ3n) is 5.41. The van der Waals surface area contributed by atoms with E-state index in [1.165, 1.54) is 37.8 Å². The lowest BCUT2D eigenvalue weighted by atomic mass is 9.75. The number of rotatable bonds is 4. The van der Waals surface area contributed by atoms with E-state index in [0.717, 1.165) is 23.8 Å². The van der Waals surface area contributed by atoms with Gasteiger partial charge in [-0.3, -0.25) is 0 Å². The molecule has 3 heteroatoms. The van der Waals surface area contributed by atoms with E-state index in [1.54, 1.807) is 7.11 Å². The fourth-order valence-corrected chi connectivity index (χ4v) is 3.68. The van der Waals surface area contributed by atoms with E-state index < -0.39 is 0 Å². The van der Waals surface area contributed by atoms with Crippen molar-refractivity contribution in [3.05, 3.63) is 29.8 Å². The molecule has 1 N–H and O–H groups in total. The Morgan fingerprint density at radius 1 is 1.10 bits per heavy atom.